The van der Waals surface area contributed by atoms with Crippen LogP contribution < -0.4 is 11.4 Å². The van der Waals surface area contributed by atoms with Gasteiger partial charge in [-0.2, -0.15) is 4.98 Å². The number of carbonyl (C=O) groups excluding carboxylic acids is 3. The first kappa shape index (κ1) is 20.0. The van der Waals surface area contributed by atoms with Gasteiger partial charge in [-0.3, -0.25) is 14.4 Å². The van der Waals surface area contributed by atoms with Crippen LogP contribution in [0.5, 0.6) is 0 Å². The van der Waals surface area contributed by atoms with Crippen LogP contribution in [0.4, 0.5) is 5.95 Å². The lowest BCUT2D eigenvalue weighted by Gasteiger charge is -2.24. The van der Waals surface area contributed by atoms with Crippen molar-refractivity contribution < 1.29 is 33.3 Å². The molecule has 0 amide bonds. The molecule has 0 aliphatic carbocycles. The van der Waals surface area contributed by atoms with Crippen molar-refractivity contribution in [2.24, 2.45) is 0 Å². The lowest BCUT2D eigenvalue weighted by Crippen LogP contribution is -2.37. The zero-order valence-corrected chi connectivity index (χ0v) is 13.8. The van der Waals surface area contributed by atoms with Crippen LogP contribution in [0.25, 0.3) is 0 Å². The van der Waals surface area contributed by atoms with Crippen LogP contribution in [-0.4, -0.2) is 51.8 Å². The Morgan fingerprint density at radius 3 is 2.12 bits per heavy atom. The van der Waals surface area contributed by atoms with Gasteiger partial charge in [0, 0.05) is 20.8 Å². The van der Waals surface area contributed by atoms with Gasteiger partial charge in [-0.1, -0.05) is 0 Å². The second-order valence-corrected chi connectivity index (χ2v) is 4.68. The van der Waals surface area contributed by atoms with Crippen molar-refractivity contribution in [2.45, 2.75) is 33.3 Å². The van der Waals surface area contributed by atoms with E-state index in [0.29, 0.717) is 0 Å². The minimum absolute atomic E-state index is 0.279. The molecule has 0 aliphatic rings. The molecule has 1 aromatic heterocycles. The van der Waals surface area contributed by atoms with Gasteiger partial charge in [-0.15, -0.1) is 0 Å². The van der Waals surface area contributed by atoms with Gasteiger partial charge in [0.2, 0.25) is 5.95 Å². The van der Waals surface area contributed by atoms with E-state index in [1.165, 1.54) is 13.8 Å². The van der Waals surface area contributed by atoms with E-state index in [9.17, 15) is 19.2 Å². The SMILES string of the molecule is CC(=O)OCC(COC(C)=O)OC(OC(C)=O)n1cnc(N)nc1=O. The normalized spacial score (nSPS) is 11.7. The summed E-state index contributed by atoms with van der Waals surface area (Å²) in [5.41, 5.74) is 4.40. The molecule has 0 bridgehead atoms. The Hall–Kier alpha value is -3.02. The van der Waals surface area contributed by atoms with Crippen molar-refractivity contribution in [3.8, 4) is 0 Å². The van der Waals surface area contributed by atoms with Gasteiger partial charge in [0.1, 0.15) is 25.6 Å². The third kappa shape index (κ3) is 7.39. The van der Waals surface area contributed by atoms with E-state index >= 15 is 0 Å². The van der Waals surface area contributed by atoms with Crippen LogP contribution in [0.2, 0.25) is 0 Å². The Morgan fingerprint density at radius 1 is 1.12 bits per heavy atom. The Balaban J connectivity index is 3.00. The molecule has 0 aliphatic heterocycles. The maximum absolute atomic E-state index is 11.9. The third-order valence-electron chi connectivity index (χ3n) is 2.49. The smallest absolute Gasteiger partial charge is 0.356 e. The number of anilines is 1. The average molecular weight is 358 g/mol. The van der Waals surface area contributed by atoms with Crippen LogP contribution in [0.15, 0.2) is 11.1 Å². The molecule has 2 N–H and O–H groups in total. The van der Waals surface area contributed by atoms with Crippen molar-refractivity contribution in [1.29, 1.82) is 0 Å². The fourth-order valence-corrected chi connectivity index (χ4v) is 1.50. The number of esters is 3. The molecule has 1 unspecified atom stereocenters. The molecule has 25 heavy (non-hydrogen) atoms. The highest BCUT2D eigenvalue weighted by molar-refractivity contribution is 5.66. The maximum atomic E-state index is 11.9. The molecule has 12 heteroatoms. The molecule has 0 radical (unpaired) electrons. The Kier molecular flexibility index (Phi) is 7.46. The number of hydrogen-bond donors (Lipinski definition) is 1. The summed E-state index contributed by atoms with van der Waals surface area (Å²) in [7, 11) is 0. The largest absolute Gasteiger partial charge is 0.463 e. The standard InChI is InChI=1S/C13H18N4O8/c1-7(18)22-4-10(5-23-8(2)19)25-13(24-9(3)20)17-6-15-11(14)16-12(17)21/h6,10,13H,4-5H2,1-3H3,(H2,14,16,21). The number of aromatic nitrogens is 3. The van der Waals surface area contributed by atoms with Crippen LogP contribution >= 0.6 is 0 Å². The van der Waals surface area contributed by atoms with Crippen LogP contribution in [-0.2, 0) is 33.3 Å². The van der Waals surface area contributed by atoms with Crippen LogP contribution in [0.1, 0.15) is 27.2 Å². The van der Waals surface area contributed by atoms with Gasteiger partial charge in [0.05, 0.1) is 0 Å². The first-order chi connectivity index (χ1) is 11.7. The van der Waals surface area contributed by atoms with Gasteiger partial charge >= 0.3 is 23.6 Å². The fourth-order valence-electron chi connectivity index (χ4n) is 1.50. The molecular formula is C13H18N4O8. The molecule has 12 nitrogen and oxygen atoms in total. The van der Waals surface area contributed by atoms with E-state index in [1.807, 2.05) is 0 Å². The number of hydrogen-bond acceptors (Lipinski definition) is 11. The second-order valence-electron chi connectivity index (χ2n) is 4.68. The predicted molar refractivity (Wildman–Crippen MR) is 79.6 cm³/mol. The number of nitrogen functional groups attached to an aromatic ring is 1. The molecule has 0 saturated heterocycles. The molecule has 0 aromatic carbocycles. The molecule has 1 aromatic rings. The van der Waals surface area contributed by atoms with Crippen molar-refractivity contribution >= 4 is 23.9 Å². The Labute approximate surface area is 141 Å². The highest BCUT2D eigenvalue weighted by atomic mass is 16.7. The number of rotatable bonds is 8. The summed E-state index contributed by atoms with van der Waals surface area (Å²) in [4.78, 5) is 52.0. The summed E-state index contributed by atoms with van der Waals surface area (Å²) in [6.45, 7) is 2.80. The van der Waals surface area contributed by atoms with Gasteiger partial charge in [0.15, 0.2) is 0 Å². The third-order valence-corrected chi connectivity index (χ3v) is 2.49. The van der Waals surface area contributed by atoms with E-state index in [-0.39, 0.29) is 19.2 Å². The van der Waals surface area contributed by atoms with Crippen molar-refractivity contribution in [2.75, 3.05) is 18.9 Å². The second kappa shape index (κ2) is 9.32. The molecule has 1 heterocycles. The minimum atomic E-state index is -1.58. The van der Waals surface area contributed by atoms with E-state index in [4.69, 9.17) is 24.7 Å². The summed E-state index contributed by atoms with van der Waals surface area (Å²) in [6, 6.07) is 0. The summed E-state index contributed by atoms with van der Waals surface area (Å²) in [5.74, 6) is -2.26. The lowest BCUT2D eigenvalue weighted by atomic mass is 10.4. The first-order valence-corrected chi connectivity index (χ1v) is 6.99. The molecule has 1 rings (SSSR count). The monoisotopic (exact) mass is 358 g/mol. The van der Waals surface area contributed by atoms with Crippen molar-refractivity contribution in [3.63, 3.8) is 0 Å². The molecular weight excluding hydrogens is 340 g/mol. The minimum Gasteiger partial charge on any atom is -0.463 e. The molecule has 0 spiro atoms. The highest BCUT2D eigenvalue weighted by Gasteiger charge is 2.24. The van der Waals surface area contributed by atoms with Gasteiger partial charge in [-0.05, 0) is 0 Å². The average Bonchev–Trinajstić information content (AvgIpc) is 2.48. The van der Waals surface area contributed by atoms with Gasteiger partial charge in [-0.25, -0.2) is 14.3 Å². The predicted octanol–water partition coefficient (Wildman–Crippen LogP) is -1.25. The van der Waals surface area contributed by atoms with Gasteiger partial charge < -0.3 is 24.7 Å². The topological polar surface area (TPSA) is 162 Å². The summed E-state index contributed by atoms with van der Waals surface area (Å²) in [6.07, 6.45) is -1.64. The highest BCUT2D eigenvalue weighted by Crippen LogP contribution is 2.13. The quantitative estimate of drug-likeness (QED) is 0.335. The number of carbonyl (C=O) groups is 3. The summed E-state index contributed by atoms with van der Waals surface area (Å²) in [5, 5.41) is 0. The molecule has 0 saturated carbocycles. The van der Waals surface area contributed by atoms with Crippen LogP contribution in [0.3, 0.4) is 0 Å². The number of nitrogens with two attached hydrogens (primary N) is 1. The lowest BCUT2D eigenvalue weighted by molar-refractivity contribution is -0.230. The maximum Gasteiger partial charge on any atom is 0.356 e. The number of nitrogens with zero attached hydrogens (tertiary/aromatic N) is 3. The molecule has 1 atom stereocenters. The number of ether oxygens (including phenoxy) is 4. The van der Waals surface area contributed by atoms with Crippen molar-refractivity contribution in [1.82, 2.24) is 14.5 Å². The van der Waals surface area contributed by atoms with E-state index in [1.54, 1.807) is 0 Å². The zero-order valence-electron chi connectivity index (χ0n) is 13.8. The summed E-state index contributed by atoms with van der Waals surface area (Å²) >= 11 is 0. The van der Waals surface area contributed by atoms with Gasteiger partial charge in [0.25, 0.3) is 6.41 Å². The molecule has 138 valence electrons. The van der Waals surface area contributed by atoms with E-state index in [2.05, 4.69) is 9.97 Å². The van der Waals surface area contributed by atoms with E-state index in [0.717, 1.165) is 17.8 Å². The molecule has 0 fully saturated rings. The Bertz CT molecular complexity index is 671. The van der Waals surface area contributed by atoms with Crippen molar-refractivity contribution in [3.05, 3.63) is 16.8 Å². The van der Waals surface area contributed by atoms with E-state index < -0.39 is 36.1 Å². The zero-order chi connectivity index (χ0) is 19.0. The fraction of sp³-hybridized carbons (Fsp3) is 0.538. The van der Waals surface area contributed by atoms with Crippen LogP contribution in [0, 0.1) is 0 Å². The Morgan fingerprint density at radius 2 is 1.68 bits per heavy atom. The summed E-state index contributed by atoms with van der Waals surface area (Å²) < 4.78 is 20.7. The first-order valence-electron chi connectivity index (χ1n) is 6.99.